The molecule has 1 fully saturated rings. The first kappa shape index (κ1) is 13.5. The number of hydrogen-bond acceptors (Lipinski definition) is 5. The number of H-pyrrole nitrogens is 1. The van der Waals surface area contributed by atoms with Gasteiger partial charge in [0.25, 0.3) is 11.2 Å². The van der Waals surface area contributed by atoms with Crippen LogP contribution in [0, 0.1) is 10.1 Å². The molecule has 0 amide bonds. The summed E-state index contributed by atoms with van der Waals surface area (Å²) in [5.41, 5.74) is 0.671. The van der Waals surface area contributed by atoms with E-state index in [1.165, 1.54) is 12.4 Å². The molecule has 2 heterocycles. The first-order chi connectivity index (χ1) is 10.2. The van der Waals surface area contributed by atoms with Gasteiger partial charge in [0.1, 0.15) is 5.69 Å². The summed E-state index contributed by atoms with van der Waals surface area (Å²) in [5, 5.41) is 11.6. The smallest absolute Gasteiger partial charge is 0.293 e. The highest BCUT2D eigenvalue weighted by Crippen LogP contribution is 2.32. The van der Waals surface area contributed by atoms with Crippen molar-refractivity contribution in [1.29, 1.82) is 0 Å². The SMILES string of the molecule is O=c1[nH]cnc2cc(N3CCCCCC3)c([N+](=O)[O-])cc12. The lowest BCUT2D eigenvalue weighted by Crippen LogP contribution is -2.25. The molecule has 1 N–H and O–H groups in total. The van der Waals surface area contributed by atoms with Gasteiger partial charge < -0.3 is 9.88 Å². The molecule has 0 unspecified atom stereocenters. The van der Waals surface area contributed by atoms with Crippen molar-refractivity contribution in [1.82, 2.24) is 9.97 Å². The molecule has 0 bridgehead atoms. The number of nitrogens with one attached hydrogen (secondary N) is 1. The van der Waals surface area contributed by atoms with Crippen LogP contribution in [-0.4, -0.2) is 28.0 Å². The lowest BCUT2D eigenvalue weighted by atomic mass is 10.1. The van der Waals surface area contributed by atoms with Crippen molar-refractivity contribution in [2.45, 2.75) is 25.7 Å². The summed E-state index contributed by atoms with van der Waals surface area (Å²) in [6.45, 7) is 1.60. The highest BCUT2D eigenvalue weighted by Gasteiger charge is 2.22. The Balaban J connectivity index is 2.17. The molecule has 0 saturated carbocycles. The van der Waals surface area contributed by atoms with Crippen molar-refractivity contribution in [2.24, 2.45) is 0 Å². The molecule has 0 aliphatic carbocycles. The number of nitrogens with zero attached hydrogens (tertiary/aromatic N) is 3. The topological polar surface area (TPSA) is 92.1 Å². The predicted octanol–water partition coefficient (Wildman–Crippen LogP) is 2.21. The Morgan fingerprint density at radius 3 is 2.57 bits per heavy atom. The van der Waals surface area contributed by atoms with Crippen LogP contribution in [0.25, 0.3) is 10.9 Å². The second-order valence-corrected chi connectivity index (χ2v) is 5.25. The lowest BCUT2D eigenvalue weighted by molar-refractivity contribution is -0.384. The van der Waals surface area contributed by atoms with E-state index in [9.17, 15) is 14.9 Å². The molecule has 21 heavy (non-hydrogen) atoms. The Bertz CT molecular complexity index is 733. The fourth-order valence-corrected chi connectivity index (χ4v) is 2.80. The lowest BCUT2D eigenvalue weighted by Gasteiger charge is -2.22. The van der Waals surface area contributed by atoms with Crippen molar-refractivity contribution in [3.8, 4) is 0 Å². The molecule has 1 aliphatic heterocycles. The van der Waals surface area contributed by atoms with Crippen LogP contribution in [0.5, 0.6) is 0 Å². The van der Waals surface area contributed by atoms with Crippen molar-refractivity contribution in [3.63, 3.8) is 0 Å². The van der Waals surface area contributed by atoms with E-state index in [1.54, 1.807) is 6.07 Å². The van der Waals surface area contributed by atoms with Crippen LogP contribution in [-0.2, 0) is 0 Å². The first-order valence-corrected chi connectivity index (χ1v) is 7.07. The standard InChI is InChI=1S/C14H16N4O3/c19-14-10-7-13(18(20)21)12(8-11(10)15-9-16-14)17-5-3-1-2-4-6-17/h7-9H,1-6H2,(H,15,16,19). The summed E-state index contributed by atoms with van der Waals surface area (Å²) in [6, 6.07) is 3.00. The molecule has 7 heteroatoms. The van der Waals surface area contributed by atoms with Crippen LogP contribution < -0.4 is 10.5 Å². The number of nitro benzene ring substituents is 1. The van der Waals surface area contributed by atoms with Crippen molar-refractivity contribution < 1.29 is 4.92 Å². The molecular weight excluding hydrogens is 272 g/mol. The maximum absolute atomic E-state index is 11.8. The normalized spacial score (nSPS) is 15.9. The number of rotatable bonds is 2. The largest absolute Gasteiger partial charge is 0.366 e. The van der Waals surface area contributed by atoms with Gasteiger partial charge in [-0.2, -0.15) is 0 Å². The van der Waals surface area contributed by atoms with Gasteiger partial charge in [-0.15, -0.1) is 0 Å². The van der Waals surface area contributed by atoms with Crippen LogP contribution in [0.4, 0.5) is 11.4 Å². The molecule has 110 valence electrons. The second kappa shape index (κ2) is 5.51. The van der Waals surface area contributed by atoms with E-state index in [0.717, 1.165) is 38.8 Å². The maximum Gasteiger partial charge on any atom is 0.293 e. The summed E-state index contributed by atoms with van der Waals surface area (Å²) in [4.78, 5) is 31.3. The van der Waals surface area contributed by atoms with E-state index in [-0.39, 0.29) is 16.6 Å². The molecule has 2 aromatic rings. The number of fused-ring (bicyclic) bond motifs is 1. The van der Waals surface area contributed by atoms with Gasteiger partial charge in [0.2, 0.25) is 0 Å². The van der Waals surface area contributed by atoms with Crippen LogP contribution in [0.15, 0.2) is 23.3 Å². The van der Waals surface area contributed by atoms with Gasteiger partial charge in [0, 0.05) is 19.2 Å². The number of aromatic nitrogens is 2. The highest BCUT2D eigenvalue weighted by molar-refractivity contribution is 5.87. The fraction of sp³-hybridized carbons (Fsp3) is 0.429. The van der Waals surface area contributed by atoms with Crippen LogP contribution in [0.1, 0.15) is 25.7 Å². The van der Waals surface area contributed by atoms with Gasteiger partial charge in [-0.25, -0.2) is 4.98 Å². The Hall–Kier alpha value is -2.44. The number of nitro groups is 1. The van der Waals surface area contributed by atoms with E-state index in [0.29, 0.717) is 11.2 Å². The zero-order chi connectivity index (χ0) is 14.8. The quantitative estimate of drug-likeness (QED) is 0.675. The van der Waals surface area contributed by atoms with Crippen molar-refractivity contribution in [3.05, 3.63) is 38.9 Å². The first-order valence-electron chi connectivity index (χ1n) is 7.07. The van der Waals surface area contributed by atoms with Crippen LogP contribution in [0.3, 0.4) is 0 Å². The van der Waals surface area contributed by atoms with Gasteiger partial charge in [-0.3, -0.25) is 14.9 Å². The van der Waals surface area contributed by atoms with Crippen molar-refractivity contribution in [2.75, 3.05) is 18.0 Å². The zero-order valence-corrected chi connectivity index (χ0v) is 11.5. The van der Waals surface area contributed by atoms with Gasteiger partial charge in [-0.1, -0.05) is 12.8 Å². The second-order valence-electron chi connectivity index (χ2n) is 5.25. The van der Waals surface area contributed by atoms with Gasteiger partial charge in [0.15, 0.2) is 0 Å². The minimum Gasteiger partial charge on any atom is -0.366 e. The molecule has 1 aromatic carbocycles. The Kier molecular flexibility index (Phi) is 3.55. The minimum absolute atomic E-state index is 0.0251. The Labute approximate surface area is 120 Å². The zero-order valence-electron chi connectivity index (χ0n) is 11.5. The Morgan fingerprint density at radius 2 is 1.90 bits per heavy atom. The van der Waals surface area contributed by atoms with Gasteiger partial charge in [-0.05, 0) is 18.9 Å². The van der Waals surface area contributed by atoms with Crippen LogP contribution >= 0.6 is 0 Å². The monoisotopic (exact) mass is 288 g/mol. The summed E-state index contributed by atoms with van der Waals surface area (Å²) >= 11 is 0. The maximum atomic E-state index is 11.8. The molecule has 3 rings (SSSR count). The summed E-state index contributed by atoms with van der Waals surface area (Å²) in [7, 11) is 0. The van der Waals surface area contributed by atoms with Crippen LogP contribution in [0.2, 0.25) is 0 Å². The number of aromatic amines is 1. The Morgan fingerprint density at radius 1 is 1.19 bits per heavy atom. The third-order valence-corrected chi connectivity index (χ3v) is 3.88. The summed E-state index contributed by atoms with van der Waals surface area (Å²) < 4.78 is 0. The third-order valence-electron chi connectivity index (χ3n) is 3.88. The number of benzene rings is 1. The number of anilines is 1. The van der Waals surface area contributed by atoms with Crippen molar-refractivity contribution >= 4 is 22.3 Å². The van der Waals surface area contributed by atoms with E-state index in [4.69, 9.17) is 0 Å². The van der Waals surface area contributed by atoms with Gasteiger partial charge >= 0.3 is 0 Å². The summed E-state index contributed by atoms with van der Waals surface area (Å²) in [6.07, 6.45) is 5.67. The van der Waals surface area contributed by atoms with E-state index in [2.05, 4.69) is 9.97 Å². The molecule has 0 spiro atoms. The predicted molar refractivity (Wildman–Crippen MR) is 79.7 cm³/mol. The molecule has 7 nitrogen and oxygen atoms in total. The average Bonchev–Trinajstić information content (AvgIpc) is 2.75. The van der Waals surface area contributed by atoms with E-state index in [1.807, 2.05) is 4.90 Å². The molecule has 1 saturated heterocycles. The number of hydrogen-bond donors (Lipinski definition) is 1. The fourth-order valence-electron chi connectivity index (χ4n) is 2.80. The minimum atomic E-state index is -0.424. The highest BCUT2D eigenvalue weighted by atomic mass is 16.6. The van der Waals surface area contributed by atoms with E-state index < -0.39 is 4.92 Å². The summed E-state index contributed by atoms with van der Waals surface area (Å²) in [5.74, 6) is 0. The molecule has 0 atom stereocenters. The molecular formula is C14H16N4O3. The molecule has 0 radical (unpaired) electrons. The molecule has 1 aromatic heterocycles. The third kappa shape index (κ3) is 2.58. The van der Waals surface area contributed by atoms with E-state index >= 15 is 0 Å². The van der Waals surface area contributed by atoms with Gasteiger partial charge in [0.05, 0.1) is 22.2 Å². The molecule has 1 aliphatic rings. The average molecular weight is 288 g/mol.